The number of alkyl halides is 3. The summed E-state index contributed by atoms with van der Waals surface area (Å²) in [6.07, 6.45) is -5.58. The number of methoxy groups -OCH3 is 1. The van der Waals surface area contributed by atoms with Crippen molar-refractivity contribution in [3.63, 3.8) is 0 Å². The number of carbonyl (C=O) groups excluding carboxylic acids is 1. The molecular formula is C19H18F3NO5. The summed E-state index contributed by atoms with van der Waals surface area (Å²) >= 11 is 0. The normalized spacial score (nSPS) is 15.8. The molecule has 0 saturated carbocycles. The number of rotatable bonds is 6. The van der Waals surface area contributed by atoms with E-state index in [-0.39, 0.29) is 31.3 Å². The van der Waals surface area contributed by atoms with E-state index in [1.54, 1.807) is 24.3 Å². The van der Waals surface area contributed by atoms with Crippen LogP contribution in [0.5, 0.6) is 17.2 Å². The lowest BCUT2D eigenvalue weighted by Crippen LogP contribution is -2.40. The Labute approximate surface area is 159 Å². The van der Waals surface area contributed by atoms with Gasteiger partial charge >= 0.3 is 6.18 Å². The molecule has 1 atom stereocenters. The SMILES string of the molecule is COCCOc1ccc(C(F)(F)F)cc1NC(=O)C1COc2ccccc2O1. The van der Waals surface area contributed by atoms with Crippen LogP contribution in [-0.2, 0) is 15.7 Å². The molecule has 0 bridgehead atoms. The maximum Gasteiger partial charge on any atom is 0.416 e. The Morgan fingerprint density at radius 2 is 1.93 bits per heavy atom. The molecule has 1 unspecified atom stereocenters. The second-order valence-electron chi connectivity index (χ2n) is 5.90. The van der Waals surface area contributed by atoms with Gasteiger partial charge in [-0.2, -0.15) is 13.2 Å². The van der Waals surface area contributed by atoms with E-state index in [0.29, 0.717) is 11.5 Å². The van der Waals surface area contributed by atoms with Gasteiger partial charge in [0.1, 0.15) is 19.0 Å². The van der Waals surface area contributed by atoms with Crippen molar-refractivity contribution >= 4 is 11.6 Å². The first-order valence-electron chi connectivity index (χ1n) is 8.41. The minimum absolute atomic E-state index is 0.0678. The molecule has 1 aliphatic rings. The van der Waals surface area contributed by atoms with Crippen molar-refractivity contribution in [2.24, 2.45) is 0 Å². The van der Waals surface area contributed by atoms with E-state index >= 15 is 0 Å². The van der Waals surface area contributed by atoms with Gasteiger partial charge in [0.05, 0.1) is 17.9 Å². The zero-order valence-corrected chi connectivity index (χ0v) is 14.9. The molecule has 3 rings (SSSR count). The van der Waals surface area contributed by atoms with Gasteiger partial charge < -0.3 is 24.3 Å². The highest BCUT2D eigenvalue weighted by molar-refractivity contribution is 5.96. The Morgan fingerprint density at radius 1 is 1.18 bits per heavy atom. The number of hydrogen-bond acceptors (Lipinski definition) is 5. The van der Waals surface area contributed by atoms with E-state index in [0.717, 1.165) is 18.2 Å². The Morgan fingerprint density at radius 3 is 2.64 bits per heavy atom. The number of halogens is 3. The molecular weight excluding hydrogens is 379 g/mol. The molecule has 0 radical (unpaired) electrons. The third kappa shape index (κ3) is 4.66. The van der Waals surface area contributed by atoms with E-state index in [4.69, 9.17) is 18.9 Å². The highest BCUT2D eigenvalue weighted by atomic mass is 19.4. The molecule has 1 heterocycles. The van der Waals surface area contributed by atoms with E-state index < -0.39 is 23.8 Å². The molecule has 0 aliphatic carbocycles. The number of anilines is 1. The highest BCUT2D eigenvalue weighted by Gasteiger charge is 2.32. The zero-order valence-electron chi connectivity index (χ0n) is 14.9. The smallest absolute Gasteiger partial charge is 0.416 e. The van der Waals surface area contributed by atoms with Crippen molar-refractivity contribution < 1.29 is 36.9 Å². The van der Waals surface area contributed by atoms with E-state index in [1.807, 2.05) is 0 Å². The average molecular weight is 397 g/mol. The molecule has 2 aromatic carbocycles. The van der Waals surface area contributed by atoms with Gasteiger partial charge in [-0.25, -0.2) is 0 Å². The van der Waals surface area contributed by atoms with Crippen LogP contribution < -0.4 is 19.5 Å². The van der Waals surface area contributed by atoms with Crippen LogP contribution in [0.1, 0.15) is 5.56 Å². The van der Waals surface area contributed by atoms with Crippen LogP contribution in [0.25, 0.3) is 0 Å². The number of ether oxygens (including phenoxy) is 4. The molecule has 1 amide bonds. The van der Waals surface area contributed by atoms with Crippen LogP contribution in [0.15, 0.2) is 42.5 Å². The first-order chi connectivity index (χ1) is 13.4. The first kappa shape index (κ1) is 19.8. The minimum atomic E-state index is -4.56. The van der Waals surface area contributed by atoms with Crippen molar-refractivity contribution in [3.05, 3.63) is 48.0 Å². The maximum absolute atomic E-state index is 13.0. The number of fused-ring (bicyclic) bond motifs is 1. The van der Waals surface area contributed by atoms with Crippen molar-refractivity contribution in [2.75, 3.05) is 32.2 Å². The van der Waals surface area contributed by atoms with Gasteiger partial charge in [-0.15, -0.1) is 0 Å². The summed E-state index contributed by atoms with van der Waals surface area (Å²) in [6, 6.07) is 9.66. The third-order valence-electron chi connectivity index (χ3n) is 3.91. The molecule has 1 aliphatic heterocycles. The van der Waals surface area contributed by atoms with E-state index in [9.17, 15) is 18.0 Å². The fourth-order valence-electron chi connectivity index (χ4n) is 2.53. The number of para-hydroxylation sites is 2. The summed E-state index contributed by atoms with van der Waals surface area (Å²) < 4.78 is 60.5. The lowest BCUT2D eigenvalue weighted by atomic mass is 10.1. The van der Waals surface area contributed by atoms with Crippen LogP contribution in [0.3, 0.4) is 0 Å². The van der Waals surface area contributed by atoms with Crippen molar-refractivity contribution in [3.8, 4) is 17.2 Å². The molecule has 9 heteroatoms. The van der Waals surface area contributed by atoms with Crippen LogP contribution in [0, 0.1) is 0 Å². The molecule has 0 fully saturated rings. The second-order valence-corrected chi connectivity index (χ2v) is 5.90. The Balaban J connectivity index is 1.78. The number of hydrogen-bond donors (Lipinski definition) is 1. The summed E-state index contributed by atoms with van der Waals surface area (Å²) in [5.41, 5.74) is -1.02. The fraction of sp³-hybridized carbons (Fsp3) is 0.316. The second kappa shape index (κ2) is 8.39. The Kier molecular flexibility index (Phi) is 5.93. The number of amides is 1. The number of nitrogens with one attached hydrogen (secondary N) is 1. The highest BCUT2D eigenvalue weighted by Crippen LogP contribution is 2.36. The number of benzene rings is 2. The first-order valence-corrected chi connectivity index (χ1v) is 8.41. The summed E-state index contributed by atoms with van der Waals surface area (Å²) in [5, 5.41) is 2.44. The van der Waals surface area contributed by atoms with E-state index in [1.165, 1.54) is 7.11 Å². The van der Waals surface area contributed by atoms with Crippen LogP contribution in [0.2, 0.25) is 0 Å². The summed E-state index contributed by atoms with van der Waals surface area (Å²) in [4.78, 5) is 12.5. The quantitative estimate of drug-likeness (QED) is 0.756. The van der Waals surface area contributed by atoms with Crippen LogP contribution >= 0.6 is 0 Å². The van der Waals surface area contributed by atoms with Gasteiger partial charge in [-0.3, -0.25) is 4.79 Å². The van der Waals surface area contributed by atoms with Crippen LogP contribution in [-0.4, -0.2) is 38.9 Å². The molecule has 150 valence electrons. The molecule has 1 N–H and O–H groups in total. The van der Waals surface area contributed by atoms with E-state index in [2.05, 4.69) is 5.32 Å². The Hall–Kier alpha value is -2.94. The molecule has 0 saturated heterocycles. The van der Waals surface area contributed by atoms with Crippen molar-refractivity contribution in [2.45, 2.75) is 12.3 Å². The van der Waals surface area contributed by atoms with Gasteiger partial charge in [0.2, 0.25) is 6.10 Å². The molecule has 6 nitrogen and oxygen atoms in total. The molecule has 0 spiro atoms. The average Bonchev–Trinajstić information content (AvgIpc) is 2.68. The third-order valence-corrected chi connectivity index (χ3v) is 3.91. The van der Waals surface area contributed by atoms with Gasteiger partial charge in [-0.05, 0) is 30.3 Å². The monoisotopic (exact) mass is 397 g/mol. The maximum atomic E-state index is 13.0. The predicted octanol–water partition coefficient (Wildman–Crippen LogP) is 3.51. The molecule has 2 aromatic rings. The fourth-order valence-corrected chi connectivity index (χ4v) is 2.53. The molecule has 28 heavy (non-hydrogen) atoms. The largest absolute Gasteiger partial charge is 0.489 e. The van der Waals surface area contributed by atoms with Crippen molar-refractivity contribution in [1.29, 1.82) is 0 Å². The van der Waals surface area contributed by atoms with Gasteiger partial charge in [0.25, 0.3) is 5.91 Å². The zero-order chi connectivity index (χ0) is 20.1. The lowest BCUT2D eigenvalue weighted by molar-refractivity contribution is -0.137. The van der Waals surface area contributed by atoms with Gasteiger partial charge in [-0.1, -0.05) is 12.1 Å². The Bertz CT molecular complexity index is 841. The lowest BCUT2D eigenvalue weighted by Gasteiger charge is -2.26. The predicted molar refractivity (Wildman–Crippen MR) is 93.8 cm³/mol. The van der Waals surface area contributed by atoms with Gasteiger partial charge in [0.15, 0.2) is 11.5 Å². The topological polar surface area (TPSA) is 66.0 Å². The minimum Gasteiger partial charge on any atom is -0.489 e. The van der Waals surface area contributed by atoms with Gasteiger partial charge in [0, 0.05) is 7.11 Å². The standard InChI is InChI=1S/C19H18F3NO5/c1-25-8-9-26-14-7-6-12(19(20,21)22)10-13(14)23-18(24)17-11-27-15-4-2-3-5-16(15)28-17/h2-7,10,17H,8-9,11H2,1H3,(H,23,24). The summed E-state index contributed by atoms with van der Waals surface area (Å²) in [5.74, 6) is 0.324. The number of carbonyl (C=O) groups is 1. The summed E-state index contributed by atoms with van der Waals surface area (Å²) in [7, 11) is 1.47. The molecule has 0 aromatic heterocycles. The summed E-state index contributed by atoms with van der Waals surface area (Å²) in [6.45, 7) is 0.285. The van der Waals surface area contributed by atoms with Crippen LogP contribution in [0.4, 0.5) is 18.9 Å². The van der Waals surface area contributed by atoms with Crippen molar-refractivity contribution in [1.82, 2.24) is 0 Å².